The lowest BCUT2D eigenvalue weighted by Gasteiger charge is -2.47. The van der Waals surface area contributed by atoms with Gasteiger partial charge < -0.3 is 19.3 Å². The van der Waals surface area contributed by atoms with Crippen LogP contribution in [0.25, 0.3) is 11.1 Å². The lowest BCUT2D eigenvalue weighted by molar-refractivity contribution is -0.142. The Bertz CT molecular complexity index is 1480. The van der Waals surface area contributed by atoms with Crippen LogP contribution < -0.4 is 9.47 Å². The number of fused-ring (bicyclic) bond motifs is 1. The first kappa shape index (κ1) is 28.6. The number of carboxylic acid groups (broad SMARTS) is 1. The van der Waals surface area contributed by atoms with Crippen LogP contribution in [0.1, 0.15) is 67.4 Å². The number of carboxylic acids is 1. The average Bonchev–Trinajstić information content (AvgIpc) is 3.81. The van der Waals surface area contributed by atoms with Crippen LogP contribution >= 0.6 is 0 Å². The Labute approximate surface area is 246 Å². The van der Waals surface area contributed by atoms with Crippen LogP contribution in [0.4, 0.5) is 4.39 Å². The number of pyridine rings is 1. The van der Waals surface area contributed by atoms with Crippen LogP contribution in [0, 0.1) is 17.7 Å². The van der Waals surface area contributed by atoms with Gasteiger partial charge in [-0.1, -0.05) is 37.3 Å². The molecule has 0 bridgehead atoms. The summed E-state index contributed by atoms with van der Waals surface area (Å²) in [4.78, 5) is 18.2. The highest BCUT2D eigenvalue weighted by Crippen LogP contribution is 2.48. The fraction of sp³-hybridized carbons (Fsp3) is 0.471. The Balaban J connectivity index is 1.30. The van der Waals surface area contributed by atoms with Crippen molar-refractivity contribution in [3.8, 4) is 22.8 Å². The van der Waals surface area contributed by atoms with Gasteiger partial charge in [-0.15, -0.1) is 0 Å². The number of hydrogen-bond acceptors (Lipinski definition) is 6. The highest BCUT2D eigenvalue weighted by Gasteiger charge is 2.40. The van der Waals surface area contributed by atoms with Crippen molar-refractivity contribution in [2.45, 2.75) is 63.7 Å². The number of nitrogens with zero attached hydrogens (tertiary/aromatic N) is 2. The minimum absolute atomic E-state index is 0.00998. The molecule has 2 fully saturated rings. The summed E-state index contributed by atoms with van der Waals surface area (Å²) in [6.07, 6.45) is 4.88. The van der Waals surface area contributed by atoms with E-state index in [-0.39, 0.29) is 17.6 Å². The van der Waals surface area contributed by atoms with Crippen molar-refractivity contribution < 1.29 is 28.5 Å². The van der Waals surface area contributed by atoms with Crippen LogP contribution in [0.15, 0.2) is 48.7 Å². The maximum absolute atomic E-state index is 15.1. The summed E-state index contributed by atoms with van der Waals surface area (Å²) >= 11 is 0. The zero-order valence-electron chi connectivity index (χ0n) is 24.7. The molecule has 1 aromatic heterocycles. The molecule has 2 aliphatic heterocycles. The molecule has 8 heteroatoms. The molecular weight excluding hydrogens is 535 g/mol. The third-order valence-corrected chi connectivity index (χ3v) is 9.31. The van der Waals surface area contributed by atoms with Gasteiger partial charge in [0.05, 0.1) is 24.8 Å². The van der Waals surface area contributed by atoms with Crippen molar-refractivity contribution in [1.29, 1.82) is 0 Å². The molecule has 42 heavy (non-hydrogen) atoms. The first-order valence-electron chi connectivity index (χ1n) is 14.8. The van der Waals surface area contributed by atoms with Gasteiger partial charge >= 0.3 is 5.97 Å². The summed E-state index contributed by atoms with van der Waals surface area (Å²) in [5, 5.41) is 9.75. The van der Waals surface area contributed by atoms with E-state index in [4.69, 9.17) is 14.2 Å². The summed E-state index contributed by atoms with van der Waals surface area (Å²) in [7, 11) is 3.26. The van der Waals surface area contributed by atoms with Crippen molar-refractivity contribution in [2.75, 3.05) is 27.3 Å². The normalized spacial score (nSPS) is 21.0. The molecule has 3 aliphatic rings. The quantitative estimate of drug-likeness (QED) is 0.300. The third kappa shape index (κ3) is 5.62. The summed E-state index contributed by atoms with van der Waals surface area (Å²) < 4.78 is 32.6. The van der Waals surface area contributed by atoms with Gasteiger partial charge in [0.15, 0.2) is 0 Å². The number of methoxy groups -OCH3 is 2. The second kappa shape index (κ2) is 11.3. The van der Waals surface area contributed by atoms with Crippen molar-refractivity contribution in [3.05, 3.63) is 76.7 Å². The molecule has 1 N–H and O–H groups in total. The van der Waals surface area contributed by atoms with E-state index in [0.717, 1.165) is 72.3 Å². The van der Waals surface area contributed by atoms with E-state index in [1.807, 2.05) is 19.1 Å². The number of carbonyl (C=O) groups is 1. The van der Waals surface area contributed by atoms with E-state index in [9.17, 15) is 9.90 Å². The van der Waals surface area contributed by atoms with Gasteiger partial charge in [0, 0.05) is 38.4 Å². The predicted octanol–water partition coefficient (Wildman–Crippen LogP) is 6.40. The molecule has 3 aromatic rings. The summed E-state index contributed by atoms with van der Waals surface area (Å²) in [6, 6.07) is 14.1. The SMILES string of the molecule is COc1cc(-c2ccc(C3CCc4ccc(C(C5CC5)[C@H](C)C(=O)O)cc4O3)cc2CN2CC(C)(OC)C2)c(F)cn1. The fourth-order valence-electron chi connectivity index (χ4n) is 6.73. The molecule has 1 saturated carbocycles. The minimum Gasteiger partial charge on any atom is -0.485 e. The maximum Gasteiger partial charge on any atom is 0.306 e. The van der Waals surface area contributed by atoms with Gasteiger partial charge in [-0.2, -0.15) is 0 Å². The van der Waals surface area contributed by atoms with Gasteiger partial charge in [0.2, 0.25) is 5.88 Å². The molecule has 6 rings (SSSR count). The molecule has 7 nitrogen and oxygen atoms in total. The minimum atomic E-state index is -0.757. The standard InChI is InChI=1S/C34H39FN2O5/c1-20(33(38)39)32(22-6-7-22)24-8-5-21-10-12-29(42-30(21)14-24)23-9-11-26(27-15-31(40-3)36-16-28(27)35)25(13-23)17-37-18-34(2,19-37)41-4/h5,8-9,11,13-16,20,22,29,32H,6-7,10,12,17-19H2,1-4H3,(H,38,39)/t20-,29?,32?/m0/s1. The molecule has 3 atom stereocenters. The molecule has 2 unspecified atom stereocenters. The van der Waals surface area contributed by atoms with Gasteiger partial charge in [0.25, 0.3) is 0 Å². The van der Waals surface area contributed by atoms with Crippen LogP contribution in [0.2, 0.25) is 0 Å². The number of likely N-dealkylation sites (tertiary alicyclic amines) is 1. The molecule has 1 aliphatic carbocycles. The summed E-state index contributed by atoms with van der Waals surface area (Å²) in [5.41, 5.74) is 5.32. The number of halogens is 1. The molecular formula is C34H39FN2O5. The number of aryl methyl sites for hydroxylation is 1. The molecule has 3 heterocycles. The van der Waals surface area contributed by atoms with Crippen molar-refractivity contribution in [2.24, 2.45) is 11.8 Å². The van der Waals surface area contributed by atoms with Crippen molar-refractivity contribution >= 4 is 5.97 Å². The molecule has 2 aromatic carbocycles. The zero-order chi connectivity index (χ0) is 29.6. The molecule has 0 radical (unpaired) electrons. The fourth-order valence-corrected chi connectivity index (χ4v) is 6.73. The molecule has 0 spiro atoms. The Morgan fingerprint density at radius 3 is 2.62 bits per heavy atom. The summed E-state index contributed by atoms with van der Waals surface area (Å²) in [5.74, 6) is 0.00194. The first-order chi connectivity index (χ1) is 20.2. The predicted molar refractivity (Wildman–Crippen MR) is 157 cm³/mol. The lowest BCUT2D eigenvalue weighted by Crippen LogP contribution is -2.60. The highest BCUT2D eigenvalue weighted by atomic mass is 19.1. The Kier molecular flexibility index (Phi) is 7.70. The number of rotatable bonds is 10. The summed E-state index contributed by atoms with van der Waals surface area (Å²) in [6.45, 7) is 6.15. The highest BCUT2D eigenvalue weighted by molar-refractivity contribution is 5.71. The van der Waals surface area contributed by atoms with Crippen molar-refractivity contribution in [3.63, 3.8) is 0 Å². The topological polar surface area (TPSA) is 81.1 Å². The van der Waals surface area contributed by atoms with Crippen LogP contribution in [-0.4, -0.2) is 53.9 Å². The lowest BCUT2D eigenvalue weighted by atomic mass is 9.82. The van der Waals surface area contributed by atoms with E-state index >= 15 is 4.39 Å². The van der Waals surface area contributed by atoms with E-state index in [0.29, 0.717) is 23.9 Å². The zero-order valence-corrected chi connectivity index (χ0v) is 24.7. The number of aromatic nitrogens is 1. The van der Waals surface area contributed by atoms with Crippen LogP contribution in [-0.2, 0) is 22.5 Å². The van der Waals surface area contributed by atoms with E-state index in [1.165, 1.54) is 13.3 Å². The van der Waals surface area contributed by atoms with E-state index in [1.54, 1.807) is 13.2 Å². The van der Waals surface area contributed by atoms with Gasteiger partial charge in [0.1, 0.15) is 17.7 Å². The average molecular weight is 575 g/mol. The van der Waals surface area contributed by atoms with Crippen LogP contribution in [0.5, 0.6) is 11.6 Å². The smallest absolute Gasteiger partial charge is 0.306 e. The Hall–Kier alpha value is -3.49. The van der Waals surface area contributed by atoms with Gasteiger partial charge in [-0.3, -0.25) is 9.69 Å². The Morgan fingerprint density at radius 1 is 1.14 bits per heavy atom. The van der Waals surface area contributed by atoms with Gasteiger partial charge in [-0.25, -0.2) is 9.37 Å². The molecule has 0 amide bonds. The first-order valence-corrected chi connectivity index (χ1v) is 14.8. The number of benzene rings is 2. The number of aliphatic carboxylic acids is 1. The molecule has 222 valence electrons. The van der Waals surface area contributed by atoms with E-state index in [2.05, 4.69) is 41.1 Å². The second-order valence-electron chi connectivity index (χ2n) is 12.4. The largest absolute Gasteiger partial charge is 0.485 e. The number of ether oxygens (including phenoxy) is 3. The number of hydrogen-bond donors (Lipinski definition) is 1. The monoisotopic (exact) mass is 574 g/mol. The van der Waals surface area contributed by atoms with E-state index < -0.39 is 17.7 Å². The maximum atomic E-state index is 15.1. The van der Waals surface area contributed by atoms with Crippen LogP contribution in [0.3, 0.4) is 0 Å². The third-order valence-electron chi connectivity index (χ3n) is 9.31. The Morgan fingerprint density at radius 2 is 1.93 bits per heavy atom. The van der Waals surface area contributed by atoms with Crippen molar-refractivity contribution in [1.82, 2.24) is 9.88 Å². The molecule has 1 saturated heterocycles. The second-order valence-corrected chi connectivity index (χ2v) is 12.4. The van der Waals surface area contributed by atoms with Gasteiger partial charge in [-0.05, 0) is 78.3 Å².